The minimum Gasteiger partial charge on any atom is -0.445 e. The van der Waals surface area contributed by atoms with Gasteiger partial charge in [0.05, 0.1) is 12.7 Å². The van der Waals surface area contributed by atoms with Gasteiger partial charge in [0.15, 0.2) is 0 Å². The van der Waals surface area contributed by atoms with E-state index in [9.17, 15) is 9.59 Å². The van der Waals surface area contributed by atoms with E-state index in [-0.39, 0.29) is 18.6 Å². The molecule has 2 heterocycles. The molecule has 1 fully saturated rings. The average Bonchev–Trinajstić information content (AvgIpc) is 3.22. The van der Waals surface area contributed by atoms with E-state index < -0.39 is 0 Å². The Morgan fingerprint density at radius 2 is 1.93 bits per heavy atom. The summed E-state index contributed by atoms with van der Waals surface area (Å²) in [5.74, 6) is 0.415. The first-order chi connectivity index (χ1) is 14.0. The third kappa shape index (κ3) is 6.90. The van der Waals surface area contributed by atoms with E-state index in [4.69, 9.17) is 27.9 Å². The fraction of sp³-hybridized carbons (Fsp3) is 0.474. The Kier molecular flexibility index (Phi) is 7.71. The number of amides is 2. The number of benzene rings is 1. The summed E-state index contributed by atoms with van der Waals surface area (Å²) in [6.45, 7) is 1.75. The van der Waals surface area contributed by atoms with E-state index >= 15 is 0 Å². The first-order valence-corrected chi connectivity index (χ1v) is 10.2. The largest absolute Gasteiger partial charge is 0.445 e. The molecule has 1 aliphatic heterocycles. The van der Waals surface area contributed by atoms with Gasteiger partial charge in [0.1, 0.15) is 12.3 Å². The smallest absolute Gasteiger partial charge is 0.410 e. The third-order valence-corrected chi connectivity index (χ3v) is 5.31. The van der Waals surface area contributed by atoms with Gasteiger partial charge in [-0.1, -0.05) is 23.2 Å². The van der Waals surface area contributed by atoms with Crippen molar-refractivity contribution < 1.29 is 14.3 Å². The highest BCUT2D eigenvalue weighted by molar-refractivity contribution is 6.34. The highest BCUT2D eigenvalue weighted by Gasteiger charge is 2.24. The highest BCUT2D eigenvalue weighted by atomic mass is 35.5. The van der Waals surface area contributed by atoms with Gasteiger partial charge in [-0.3, -0.25) is 4.79 Å². The summed E-state index contributed by atoms with van der Waals surface area (Å²) in [4.78, 5) is 25.9. The van der Waals surface area contributed by atoms with Crippen LogP contribution in [0.5, 0.6) is 0 Å². The number of rotatable bonds is 7. The lowest BCUT2D eigenvalue weighted by molar-refractivity contribution is -0.121. The molecule has 3 rings (SSSR count). The summed E-state index contributed by atoms with van der Waals surface area (Å²) in [7, 11) is 0. The number of hydrogen-bond acceptors (Lipinski definition) is 5. The molecular weight excluding hydrogens is 417 g/mol. The van der Waals surface area contributed by atoms with Gasteiger partial charge in [0.25, 0.3) is 0 Å². The van der Waals surface area contributed by atoms with E-state index in [0.29, 0.717) is 47.7 Å². The van der Waals surface area contributed by atoms with Crippen molar-refractivity contribution in [2.24, 2.45) is 5.92 Å². The number of aromatic nitrogens is 3. The van der Waals surface area contributed by atoms with Gasteiger partial charge in [-0.05, 0) is 48.9 Å². The van der Waals surface area contributed by atoms with Gasteiger partial charge in [0, 0.05) is 29.6 Å². The molecule has 0 saturated carbocycles. The lowest BCUT2D eigenvalue weighted by Gasteiger charge is -2.31. The van der Waals surface area contributed by atoms with Crippen LogP contribution in [-0.4, -0.2) is 45.4 Å². The minimum atomic E-state index is -0.343. The van der Waals surface area contributed by atoms with Gasteiger partial charge >= 0.3 is 6.09 Å². The topological polar surface area (TPSA) is 100 Å². The summed E-state index contributed by atoms with van der Waals surface area (Å²) >= 11 is 11.9. The maximum absolute atomic E-state index is 12.3. The van der Waals surface area contributed by atoms with Crippen LogP contribution in [0.25, 0.3) is 0 Å². The van der Waals surface area contributed by atoms with Crippen molar-refractivity contribution >= 4 is 35.2 Å². The molecule has 10 heteroatoms. The first kappa shape index (κ1) is 21.4. The zero-order chi connectivity index (χ0) is 20.6. The fourth-order valence-corrected chi connectivity index (χ4v) is 3.83. The van der Waals surface area contributed by atoms with Crippen LogP contribution >= 0.6 is 23.2 Å². The number of nitrogens with zero attached hydrogens (tertiary/aromatic N) is 3. The van der Waals surface area contributed by atoms with Gasteiger partial charge in [-0.2, -0.15) is 15.4 Å². The first-order valence-electron chi connectivity index (χ1n) is 9.47. The van der Waals surface area contributed by atoms with Crippen LogP contribution in [0.15, 0.2) is 24.4 Å². The summed E-state index contributed by atoms with van der Waals surface area (Å²) in [5.41, 5.74) is 1.45. The van der Waals surface area contributed by atoms with E-state index in [1.807, 2.05) is 0 Å². The predicted octanol–water partition coefficient (Wildman–Crippen LogP) is 3.56. The number of ether oxygens (including phenoxy) is 1. The van der Waals surface area contributed by atoms with Crippen LogP contribution in [0.2, 0.25) is 10.0 Å². The molecule has 8 nitrogen and oxygen atoms in total. The Morgan fingerprint density at radius 1 is 1.21 bits per heavy atom. The van der Waals surface area contributed by atoms with Crippen LogP contribution in [-0.2, 0) is 22.7 Å². The zero-order valence-corrected chi connectivity index (χ0v) is 17.4. The lowest BCUT2D eigenvalue weighted by Crippen LogP contribution is -2.39. The van der Waals surface area contributed by atoms with E-state index in [1.165, 1.54) is 0 Å². The maximum atomic E-state index is 12.3. The summed E-state index contributed by atoms with van der Waals surface area (Å²) < 4.78 is 5.37. The zero-order valence-electron chi connectivity index (χ0n) is 15.9. The van der Waals surface area contributed by atoms with Crippen molar-refractivity contribution in [3.05, 3.63) is 45.7 Å². The Bertz CT molecular complexity index is 803. The molecule has 156 valence electrons. The molecule has 2 N–H and O–H groups in total. The molecular formula is C19H23Cl2N5O3. The standard InChI is InChI=1S/C19H23Cl2N5O3/c20-15-7-14(8-16(21)9-15)12-29-19(28)26-5-3-13(4-6-26)1-2-18(27)22-10-17-11-23-25-24-17/h7-9,11,13H,1-6,10,12H2,(H,22,27)(H,23,24,25). The molecule has 0 atom stereocenters. The number of piperidine rings is 1. The number of halogens is 2. The minimum absolute atomic E-state index is 0.00461. The maximum Gasteiger partial charge on any atom is 0.410 e. The molecule has 1 aliphatic rings. The molecule has 29 heavy (non-hydrogen) atoms. The van der Waals surface area contributed by atoms with Crippen molar-refractivity contribution in [2.45, 2.75) is 38.8 Å². The molecule has 1 aromatic heterocycles. The van der Waals surface area contributed by atoms with Crippen LogP contribution in [0.1, 0.15) is 36.9 Å². The molecule has 0 aliphatic carbocycles. The Labute approximate surface area is 178 Å². The second-order valence-corrected chi connectivity index (χ2v) is 7.91. The van der Waals surface area contributed by atoms with Gasteiger partial charge in [-0.15, -0.1) is 0 Å². The lowest BCUT2D eigenvalue weighted by atomic mass is 9.92. The number of H-pyrrole nitrogens is 1. The number of aromatic amines is 1. The Morgan fingerprint density at radius 3 is 2.59 bits per heavy atom. The van der Waals surface area contributed by atoms with Gasteiger partial charge in [-0.25, -0.2) is 4.79 Å². The van der Waals surface area contributed by atoms with Crippen molar-refractivity contribution in [3.63, 3.8) is 0 Å². The van der Waals surface area contributed by atoms with E-state index in [1.54, 1.807) is 29.3 Å². The number of nitrogens with one attached hydrogen (secondary N) is 2. The predicted molar refractivity (Wildman–Crippen MR) is 108 cm³/mol. The molecule has 0 bridgehead atoms. The van der Waals surface area contributed by atoms with Crippen molar-refractivity contribution in [2.75, 3.05) is 13.1 Å². The highest BCUT2D eigenvalue weighted by Crippen LogP contribution is 2.23. The third-order valence-electron chi connectivity index (χ3n) is 4.87. The average molecular weight is 440 g/mol. The Hall–Kier alpha value is -2.32. The van der Waals surface area contributed by atoms with Crippen LogP contribution in [0.3, 0.4) is 0 Å². The van der Waals surface area contributed by atoms with Crippen molar-refractivity contribution in [1.82, 2.24) is 25.6 Å². The van der Waals surface area contributed by atoms with Crippen LogP contribution in [0, 0.1) is 5.92 Å². The van der Waals surface area contributed by atoms with Crippen LogP contribution in [0.4, 0.5) is 4.79 Å². The van der Waals surface area contributed by atoms with Crippen LogP contribution < -0.4 is 5.32 Å². The summed E-state index contributed by atoms with van der Waals surface area (Å²) in [6, 6.07) is 5.08. The number of hydrogen-bond donors (Lipinski definition) is 2. The number of carbonyl (C=O) groups is 2. The molecule has 2 amide bonds. The molecule has 0 spiro atoms. The Balaban J connectivity index is 1.33. The van der Waals surface area contributed by atoms with E-state index in [2.05, 4.69) is 20.7 Å². The second kappa shape index (κ2) is 10.5. The van der Waals surface area contributed by atoms with E-state index in [0.717, 1.165) is 24.8 Å². The molecule has 1 saturated heterocycles. The number of carbonyl (C=O) groups excluding carboxylic acids is 2. The SMILES string of the molecule is O=C(CCC1CCN(C(=O)OCc2cc(Cl)cc(Cl)c2)CC1)NCc1cn[nH]n1. The molecule has 1 aromatic carbocycles. The molecule has 0 unspecified atom stereocenters. The van der Waals surface area contributed by atoms with Crippen molar-refractivity contribution in [1.29, 1.82) is 0 Å². The van der Waals surface area contributed by atoms with Gasteiger partial charge in [0.2, 0.25) is 5.91 Å². The quantitative estimate of drug-likeness (QED) is 0.686. The van der Waals surface area contributed by atoms with Gasteiger partial charge < -0.3 is 15.0 Å². The molecule has 2 aromatic rings. The summed E-state index contributed by atoms with van der Waals surface area (Å²) in [5, 5.41) is 13.9. The summed E-state index contributed by atoms with van der Waals surface area (Å²) in [6.07, 6.45) is 4.21. The fourth-order valence-electron chi connectivity index (χ4n) is 3.26. The molecule has 0 radical (unpaired) electrons. The van der Waals surface area contributed by atoms with Crippen molar-refractivity contribution in [3.8, 4) is 0 Å². The monoisotopic (exact) mass is 439 g/mol. The normalized spacial score (nSPS) is 14.6. The number of likely N-dealkylation sites (tertiary alicyclic amines) is 1. The second-order valence-electron chi connectivity index (χ2n) is 7.04.